The van der Waals surface area contributed by atoms with Crippen LogP contribution >= 0.6 is 0 Å². The fraction of sp³-hybridized carbons (Fsp3) is 0.190. The number of hydrogen-bond donors (Lipinski definition) is 2. The molecule has 3 aromatic rings. The Kier molecular flexibility index (Phi) is 4.46. The third-order valence-corrected chi connectivity index (χ3v) is 4.45. The van der Waals surface area contributed by atoms with Gasteiger partial charge in [-0.05, 0) is 44.0 Å². The number of aromatic nitrogens is 2. The molecule has 1 saturated carbocycles. The molecule has 0 atom stereocenters. The van der Waals surface area contributed by atoms with Crippen LogP contribution in [0.15, 0.2) is 60.7 Å². The lowest BCUT2D eigenvalue weighted by molar-refractivity contribution is -0.117. The van der Waals surface area contributed by atoms with Gasteiger partial charge in [0.1, 0.15) is 5.82 Å². The molecule has 1 fully saturated rings. The predicted molar refractivity (Wildman–Crippen MR) is 104 cm³/mol. The summed E-state index contributed by atoms with van der Waals surface area (Å²) in [4.78, 5) is 24.8. The van der Waals surface area contributed by atoms with E-state index in [0.29, 0.717) is 11.5 Å². The van der Waals surface area contributed by atoms with Crippen LogP contribution in [0.2, 0.25) is 0 Å². The van der Waals surface area contributed by atoms with Gasteiger partial charge in [-0.3, -0.25) is 9.59 Å². The van der Waals surface area contributed by atoms with Crippen LogP contribution in [0.3, 0.4) is 0 Å². The number of rotatable bonds is 5. The smallest absolute Gasteiger partial charge is 0.276 e. The van der Waals surface area contributed by atoms with Crippen molar-refractivity contribution < 1.29 is 9.59 Å². The van der Waals surface area contributed by atoms with Crippen molar-refractivity contribution in [2.45, 2.75) is 19.8 Å². The van der Waals surface area contributed by atoms with Crippen LogP contribution in [-0.2, 0) is 4.79 Å². The third kappa shape index (κ3) is 3.89. The highest BCUT2D eigenvalue weighted by molar-refractivity contribution is 6.04. The fourth-order valence-electron chi connectivity index (χ4n) is 2.75. The Hall–Kier alpha value is -3.41. The van der Waals surface area contributed by atoms with Crippen molar-refractivity contribution in [1.82, 2.24) is 9.78 Å². The maximum atomic E-state index is 12.6. The van der Waals surface area contributed by atoms with Gasteiger partial charge in [0.25, 0.3) is 5.91 Å². The molecule has 6 heteroatoms. The quantitative estimate of drug-likeness (QED) is 0.727. The molecule has 136 valence electrons. The molecule has 2 amide bonds. The number of aryl methyl sites for hydroxylation is 1. The number of amides is 2. The van der Waals surface area contributed by atoms with E-state index in [4.69, 9.17) is 0 Å². The highest BCUT2D eigenvalue weighted by atomic mass is 16.2. The van der Waals surface area contributed by atoms with E-state index in [1.165, 1.54) is 0 Å². The van der Waals surface area contributed by atoms with Crippen molar-refractivity contribution in [2.24, 2.45) is 5.92 Å². The van der Waals surface area contributed by atoms with Crippen LogP contribution in [0.1, 0.15) is 28.9 Å². The second-order valence-electron chi connectivity index (χ2n) is 6.75. The van der Waals surface area contributed by atoms with Crippen LogP contribution < -0.4 is 10.6 Å². The van der Waals surface area contributed by atoms with E-state index in [2.05, 4.69) is 15.7 Å². The van der Waals surface area contributed by atoms with Gasteiger partial charge in [-0.1, -0.05) is 35.9 Å². The molecule has 1 aliphatic rings. The molecule has 0 spiro atoms. The van der Waals surface area contributed by atoms with Crippen LogP contribution in [0.5, 0.6) is 0 Å². The molecule has 0 bridgehead atoms. The summed E-state index contributed by atoms with van der Waals surface area (Å²) in [5.74, 6) is 0.203. The molecule has 1 heterocycles. The van der Waals surface area contributed by atoms with Crippen molar-refractivity contribution in [3.8, 4) is 5.69 Å². The first kappa shape index (κ1) is 17.0. The lowest BCUT2D eigenvalue weighted by Crippen LogP contribution is -2.16. The Morgan fingerprint density at radius 3 is 2.37 bits per heavy atom. The van der Waals surface area contributed by atoms with E-state index in [1.807, 2.05) is 61.5 Å². The summed E-state index contributed by atoms with van der Waals surface area (Å²) in [6, 6.07) is 18.6. The molecule has 4 rings (SSSR count). The second-order valence-corrected chi connectivity index (χ2v) is 6.75. The van der Waals surface area contributed by atoms with E-state index in [0.717, 1.165) is 24.1 Å². The molecular weight excluding hydrogens is 340 g/mol. The normalized spacial score (nSPS) is 13.2. The Morgan fingerprint density at radius 1 is 1.00 bits per heavy atom. The number of carbonyl (C=O) groups excluding carboxylic acids is 2. The van der Waals surface area contributed by atoms with Gasteiger partial charge in [0, 0.05) is 17.7 Å². The summed E-state index contributed by atoms with van der Waals surface area (Å²) < 4.78 is 1.59. The van der Waals surface area contributed by atoms with E-state index in [9.17, 15) is 9.59 Å². The topological polar surface area (TPSA) is 76.0 Å². The summed E-state index contributed by atoms with van der Waals surface area (Å²) >= 11 is 0. The molecule has 2 N–H and O–H groups in total. The van der Waals surface area contributed by atoms with Gasteiger partial charge in [-0.2, -0.15) is 5.10 Å². The predicted octanol–water partition coefficient (Wildman–Crippen LogP) is 3.78. The highest BCUT2D eigenvalue weighted by Crippen LogP contribution is 2.30. The van der Waals surface area contributed by atoms with Crippen molar-refractivity contribution >= 4 is 23.3 Å². The van der Waals surface area contributed by atoms with E-state index in [1.54, 1.807) is 10.7 Å². The standard InChI is InChI=1S/C21H20N4O2/c1-14-7-11-16(12-8-14)22-21(27)18-13-19(23-20(26)15-9-10-15)25(24-18)17-5-3-2-4-6-17/h2-8,11-13,15H,9-10H2,1H3,(H,22,27)(H,23,26). The van der Waals surface area contributed by atoms with Crippen molar-refractivity contribution in [2.75, 3.05) is 10.6 Å². The Labute approximate surface area is 157 Å². The minimum absolute atomic E-state index is 0.0300. The number of anilines is 2. The van der Waals surface area contributed by atoms with E-state index in [-0.39, 0.29) is 23.4 Å². The molecule has 1 aliphatic carbocycles. The Morgan fingerprint density at radius 2 is 1.70 bits per heavy atom. The van der Waals surface area contributed by atoms with Gasteiger partial charge < -0.3 is 10.6 Å². The first-order valence-electron chi connectivity index (χ1n) is 8.94. The van der Waals surface area contributed by atoms with Crippen molar-refractivity contribution in [1.29, 1.82) is 0 Å². The molecule has 6 nitrogen and oxygen atoms in total. The van der Waals surface area contributed by atoms with Crippen LogP contribution in [0, 0.1) is 12.8 Å². The van der Waals surface area contributed by atoms with Crippen molar-refractivity contribution in [3.63, 3.8) is 0 Å². The Bertz CT molecular complexity index is 973. The number of nitrogens with zero attached hydrogens (tertiary/aromatic N) is 2. The molecule has 0 aliphatic heterocycles. The maximum absolute atomic E-state index is 12.6. The number of nitrogens with one attached hydrogen (secondary N) is 2. The number of benzene rings is 2. The second kappa shape index (κ2) is 7.07. The SMILES string of the molecule is Cc1ccc(NC(=O)c2cc(NC(=O)C3CC3)n(-c3ccccc3)n2)cc1. The monoisotopic (exact) mass is 360 g/mol. The largest absolute Gasteiger partial charge is 0.321 e. The van der Waals surface area contributed by atoms with Crippen LogP contribution in [-0.4, -0.2) is 21.6 Å². The maximum Gasteiger partial charge on any atom is 0.276 e. The summed E-state index contributed by atoms with van der Waals surface area (Å²) in [5.41, 5.74) is 2.83. The summed E-state index contributed by atoms with van der Waals surface area (Å²) in [7, 11) is 0. The highest BCUT2D eigenvalue weighted by Gasteiger charge is 2.30. The first-order valence-corrected chi connectivity index (χ1v) is 8.94. The average Bonchev–Trinajstić information content (AvgIpc) is 3.45. The summed E-state index contributed by atoms with van der Waals surface area (Å²) in [6.45, 7) is 1.99. The number of hydrogen-bond acceptors (Lipinski definition) is 3. The molecule has 0 unspecified atom stereocenters. The van der Waals surface area contributed by atoms with Gasteiger partial charge in [0.15, 0.2) is 5.69 Å². The average molecular weight is 360 g/mol. The zero-order chi connectivity index (χ0) is 18.8. The lowest BCUT2D eigenvalue weighted by Gasteiger charge is -2.08. The minimum Gasteiger partial charge on any atom is -0.321 e. The van der Waals surface area contributed by atoms with Gasteiger partial charge in [-0.25, -0.2) is 4.68 Å². The van der Waals surface area contributed by atoms with Crippen LogP contribution in [0.4, 0.5) is 11.5 Å². The molecule has 27 heavy (non-hydrogen) atoms. The zero-order valence-electron chi connectivity index (χ0n) is 15.0. The zero-order valence-corrected chi connectivity index (χ0v) is 15.0. The molecule has 0 saturated heterocycles. The summed E-state index contributed by atoms with van der Waals surface area (Å²) in [6.07, 6.45) is 1.82. The third-order valence-electron chi connectivity index (χ3n) is 4.45. The van der Waals surface area contributed by atoms with E-state index < -0.39 is 0 Å². The number of para-hydroxylation sites is 1. The van der Waals surface area contributed by atoms with E-state index >= 15 is 0 Å². The van der Waals surface area contributed by atoms with Gasteiger partial charge in [-0.15, -0.1) is 0 Å². The lowest BCUT2D eigenvalue weighted by atomic mass is 10.2. The molecular formula is C21H20N4O2. The molecule has 0 radical (unpaired) electrons. The van der Waals surface area contributed by atoms with Gasteiger partial charge in [0.05, 0.1) is 5.69 Å². The fourth-order valence-corrected chi connectivity index (χ4v) is 2.75. The minimum atomic E-state index is -0.324. The van der Waals surface area contributed by atoms with Crippen molar-refractivity contribution in [3.05, 3.63) is 71.9 Å². The number of carbonyl (C=O) groups is 2. The van der Waals surface area contributed by atoms with Gasteiger partial charge >= 0.3 is 0 Å². The molecule has 1 aromatic heterocycles. The summed E-state index contributed by atoms with van der Waals surface area (Å²) in [5, 5.41) is 10.2. The first-order chi connectivity index (χ1) is 13.1. The van der Waals surface area contributed by atoms with Crippen LogP contribution in [0.25, 0.3) is 5.69 Å². The molecule has 2 aromatic carbocycles. The van der Waals surface area contributed by atoms with Gasteiger partial charge in [0.2, 0.25) is 5.91 Å². The Balaban J connectivity index is 1.62.